The molecule has 0 spiro atoms. The van der Waals surface area contributed by atoms with Gasteiger partial charge >= 0.3 is 0 Å². The average molecular weight is 372 g/mol. The number of para-hydroxylation sites is 1. The first-order valence-electron chi connectivity index (χ1n) is 7.82. The van der Waals surface area contributed by atoms with Gasteiger partial charge in [-0.1, -0.05) is 46.3 Å². The molecule has 1 aliphatic rings. The van der Waals surface area contributed by atoms with Crippen molar-refractivity contribution in [3.05, 3.63) is 64.1 Å². The van der Waals surface area contributed by atoms with Crippen LogP contribution in [0.15, 0.2) is 53.0 Å². The van der Waals surface area contributed by atoms with E-state index >= 15 is 0 Å². The predicted octanol–water partition coefficient (Wildman–Crippen LogP) is 4.39. The van der Waals surface area contributed by atoms with Crippen LogP contribution in [-0.4, -0.2) is 18.2 Å². The van der Waals surface area contributed by atoms with Crippen LogP contribution in [0.1, 0.15) is 35.2 Å². The number of aryl methyl sites for hydroxylation is 1. The molecule has 4 heteroatoms. The third kappa shape index (κ3) is 3.70. The fourth-order valence-corrected chi connectivity index (χ4v) is 3.19. The van der Waals surface area contributed by atoms with Gasteiger partial charge in [0, 0.05) is 35.1 Å². The molecule has 118 valence electrons. The molecule has 0 N–H and O–H groups in total. The Morgan fingerprint density at radius 2 is 1.74 bits per heavy atom. The van der Waals surface area contributed by atoms with Crippen LogP contribution in [0.25, 0.3) is 0 Å². The highest BCUT2D eigenvalue weighted by atomic mass is 79.9. The van der Waals surface area contributed by atoms with Gasteiger partial charge in [0.25, 0.3) is 0 Å². The van der Waals surface area contributed by atoms with Gasteiger partial charge in [0.05, 0.1) is 0 Å². The Kier molecular flexibility index (Phi) is 4.91. The Balaban J connectivity index is 1.64. The lowest BCUT2D eigenvalue weighted by atomic mass is 10.0. The van der Waals surface area contributed by atoms with Crippen LogP contribution in [-0.2, 0) is 11.2 Å². The molecular formula is C19H18BrNO2. The summed E-state index contributed by atoms with van der Waals surface area (Å²) in [6.07, 6.45) is 2.49. The highest BCUT2D eigenvalue weighted by Gasteiger charge is 2.22. The van der Waals surface area contributed by atoms with Crippen LogP contribution in [0.2, 0.25) is 0 Å². The maximum atomic E-state index is 12.5. The lowest BCUT2D eigenvalue weighted by Crippen LogP contribution is -2.35. The summed E-state index contributed by atoms with van der Waals surface area (Å²) >= 11 is 3.35. The number of rotatable bonds is 4. The number of benzene rings is 2. The molecule has 2 aromatic carbocycles. The maximum absolute atomic E-state index is 12.5. The number of hydrogen-bond acceptors (Lipinski definition) is 2. The largest absolute Gasteiger partial charge is 0.312 e. The molecule has 2 aromatic rings. The molecule has 0 radical (unpaired) electrons. The zero-order valence-electron chi connectivity index (χ0n) is 12.8. The van der Waals surface area contributed by atoms with E-state index in [2.05, 4.69) is 22.0 Å². The van der Waals surface area contributed by atoms with Crippen molar-refractivity contribution in [2.24, 2.45) is 0 Å². The summed E-state index contributed by atoms with van der Waals surface area (Å²) in [5, 5.41) is 0. The van der Waals surface area contributed by atoms with Gasteiger partial charge in [-0.15, -0.1) is 0 Å². The number of fused-ring (bicyclic) bond motifs is 1. The highest BCUT2D eigenvalue weighted by Crippen LogP contribution is 2.27. The molecule has 0 unspecified atom stereocenters. The van der Waals surface area contributed by atoms with Crippen LogP contribution in [0.3, 0.4) is 0 Å². The lowest BCUT2D eigenvalue weighted by Gasteiger charge is -2.29. The fourth-order valence-electron chi connectivity index (χ4n) is 2.93. The van der Waals surface area contributed by atoms with E-state index in [0.29, 0.717) is 5.56 Å². The zero-order chi connectivity index (χ0) is 16.2. The zero-order valence-corrected chi connectivity index (χ0v) is 14.4. The lowest BCUT2D eigenvalue weighted by molar-refractivity contribution is -0.118. The van der Waals surface area contributed by atoms with Crippen LogP contribution in [0.4, 0.5) is 5.69 Å². The maximum Gasteiger partial charge on any atom is 0.227 e. The fraction of sp³-hybridized carbons (Fsp3) is 0.263. The van der Waals surface area contributed by atoms with Crippen LogP contribution in [0, 0.1) is 0 Å². The topological polar surface area (TPSA) is 37.4 Å². The van der Waals surface area contributed by atoms with Crippen LogP contribution >= 0.6 is 15.9 Å². The summed E-state index contributed by atoms with van der Waals surface area (Å²) in [5.74, 6) is 0.0405. The quantitative estimate of drug-likeness (QED) is 0.747. The number of halogens is 1. The molecule has 1 amide bonds. The molecule has 0 aliphatic carbocycles. The first kappa shape index (κ1) is 15.9. The number of hydrogen-bond donors (Lipinski definition) is 0. The summed E-state index contributed by atoms with van der Waals surface area (Å²) in [6.45, 7) is 0.738. The van der Waals surface area contributed by atoms with Crippen molar-refractivity contribution < 1.29 is 9.59 Å². The third-order valence-corrected chi connectivity index (χ3v) is 4.67. The predicted molar refractivity (Wildman–Crippen MR) is 94.8 cm³/mol. The monoisotopic (exact) mass is 371 g/mol. The minimum absolute atomic E-state index is 0.0103. The number of anilines is 1. The number of ketones is 1. The van der Waals surface area contributed by atoms with Crippen molar-refractivity contribution in [3.8, 4) is 0 Å². The van der Waals surface area contributed by atoms with Gasteiger partial charge in [-0.25, -0.2) is 0 Å². The third-order valence-electron chi connectivity index (χ3n) is 4.14. The summed E-state index contributed by atoms with van der Waals surface area (Å²) in [5.41, 5.74) is 2.87. The molecule has 23 heavy (non-hydrogen) atoms. The number of Topliss-reactive ketones (excluding diaryl/α,β-unsaturated/α-hetero) is 1. The van der Waals surface area contributed by atoms with E-state index in [0.717, 1.165) is 29.5 Å². The van der Waals surface area contributed by atoms with E-state index in [1.165, 1.54) is 5.56 Å². The van der Waals surface area contributed by atoms with Crippen molar-refractivity contribution in [1.82, 2.24) is 0 Å². The molecule has 1 heterocycles. The summed E-state index contributed by atoms with van der Waals surface area (Å²) in [7, 11) is 0. The van der Waals surface area contributed by atoms with Crippen LogP contribution in [0.5, 0.6) is 0 Å². The molecule has 0 aromatic heterocycles. The van der Waals surface area contributed by atoms with Crippen molar-refractivity contribution in [1.29, 1.82) is 0 Å². The minimum Gasteiger partial charge on any atom is -0.312 e. The number of nitrogens with zero attached hydrogens (tertiary/aromatic N) is 1. The van der Waals surface area contributed by atoms with E-state index < -0.39 is 0 Å². The van der Waals surface area contributed by atoms with E-state index in [1.807, 2.05) is 35.2 Å². The molecule has 3 rings (SSSR count). The van der Waals surface area contributed by atoms with E-state index in [1.54, 1.807) is 12.1 Å². The van der Waals surface area contributed by atoms with Crippen LogP contribution < -0.4 is 4.90 Å². The molecule has 1 aliphatic heterocycles. The Bertz CT molecular complexity index is 724. The highest BCUT2D eigenvalue weighted by molar-refractivity contribution is 9.10. The minimum atomic E-state index is 0.0103. The van der Waals surface area contributed by atoms with E-state index in [9.17, 15) is 9.59 Å². The number of amides is 1. The molecule has 0 saturated heterocycles. The smallest absolute Gasteiger partial charge is 0.227 e. The van der Waals surface area contributed by atoms with Gasteiger partial charge < -0.3 is 4.90 Å². The average Bonchev–Trinajstić information content (AvgIpc) is 2.59. The molecule has 0 atom stereocenters. The van der Waals surface area contributed by atoms with Gasteiger partial charge in [-0.3, -0.25) is 9.59 Å². The van der Waals surface area contributed by atoms with Gasteiger partial charge in [0.2, 0.25) is 5.91 Å². The second-order valence-corrected chi connectivity index (χ2v) is 6.62. The standard InChI is InChI=1S/C19H18BrNO2/c20-16-9-7-15(8-10-16)18(22)11-12-19(23)21-13-3-5-14-4-1-2-6-17(14)21/h1-2,4,6-10H,3,5,11-13H2. The van der Waals surface area contributed by atoms with Gasteiger partial charge in [-0.2, -0.15) is 0 Å². The van der Waals surface area contributed by atoms with Crippen molar-refractivity contribution in [2.45, 2.75) is 25.7 Å². The van der Waals surface area contributed by atoms with Crippen molar-refractivity contribution in [3.63, 3.8) is 0 Å². The molecular weight excluding hydrogens is 354 g/mol. The SMILES string of the molecule is O=C(CCC(=O)N1CCCc2ccccc21)c1ccc(Br)cc1. The summed E-state index contributed by atoms with van der Waals surface area (Å²) < 4.78 is 0.940. The summed E-state index contributed by atoms with van der Waals surface area (Å²) in [6, 6.07) is 15.3. The second-order valence-electron chi connectivity index (χ2n) is 5.71. The second kappa shape index (κ2) is 7.09. The molecule has 0 saturated carbocycles. The first-order valence-corrected chi connectivity index (χ1v) is 8.61. The Morgan fingerprint density at radius 3 is 2.52 bits per heavy atom. The molecule has 0 fully saturated rings. The Hall–Kier alpha value is -1.94. The molecule has 0 bridgehead atoms. The van der Waals surface area contributed by atoms with E-state index in [-0.39, 0.29) is 24.5 Å². The molecule has 3 nitrogen and oxygen atoms in total. The number of carbonyl (C=O) groups excluding carboxylic acids is 2. The van der Waals surface area contributed by atoms with Crippen molar-refractivity contribution >= 4 is 33.3 Å². The van der Waals surface area contributed by atoms with Gasteiger partial charge in [0.15, 0.2) is 5.78 Å². The Morgan fingerprint density at radius 1 is 1.00 bits per heavy atom. The van der Waals surface area contributed by atoms with Crippen molar-refractivity contribution in [2.75, 3.05) is 11.4 Å². The number of carbonyl (C=O) groups is 2. The Labute approximate surface area is 144 Å². The summed E-state index contributed by atoms with van der Waals surface area (Å²) in [4.78, 5) is 26.5. The van der Waals surface area contributed by atoms with Gasteiger partial charge in [-0.05, 0) is 36.6 Å². The van der Waals surface area contributed by atoms with E-state index in [4.69, 9.17) is 0 Å². The normalized spacial score (nSPS) is 13.5. The first-order chi connectivity index (χ1) is 11.1. The van der Waals surface area contributed by atoms with Gasteiger partial charge in [0.1, 0.15) is 0 Å².